The first-order chi connectivity index (χ1) is 11.5. The summed E-state index contributed by atoms with van der Waals surface area (Å²) in [7, 11) is 1.88. The number of rotatable bonds is 2. The van der Waals surface area contributed by atoms with E-state index >= 15 is 0 Å². The van der Waals surface area contributed by atoms with Gasteiger partial charge in [-0.25, -0.2) is 9.97 Å². The quantitative estimate of drug-likeness (QED) is 0.774. The minimum Gasteiger partial charge on any atom is -0.383 e. The molecule has 24 heavy (non-hydrogen) atoms. The van der Waals surface area contributed by atoms with Gasteiger partial charge in [-0.15, -0.1) is 11.3 Å². The van der Waals surface area contributed by atoms with Crippen molar-refractivity contribution in [3.05, 3.63) is 34.7 Å². The van der Waals surface area contributed by atoms with Crippen molar-refractivity contribution in [1.82, 2.24) is 19.7 Å². The summed E-state index contributed by atoms with van der Waals surface area (Å²) in [6.07, 6.45) is 3.08. The van der Waals surface area contributed by atoms with Crippen LogP contribution >= 0.6 is 11.3 Å². The zero-order valence-corrected chi connectivity index (χ0v) is 15.0. The highest BCUT2D eigenvalue weighted by atomic mass is 32.1. The van der Waals surface area contributed by atoms with Crippen LogP contribution in [0.1, 0.15) is 29.9 Å². The Morgan fingerprint density at radius 2 is 1.96 bits per heavy atom. The average Bonchev–Trinajstić information content (AvgIpc) is 3.14. The van der Waals surface area contributed by atoms with Gasteiger partial charge < -0.3 is 10.0 Å². The lowest BCUT2D eigenvalue weighted by Gasteiger charge is -2.39. The van der Waals surface area contributed by atoms with Crippen LogP contribution in [0.2, 0.25) is 0 Å². The number of thiophene rings is 1. The van der Waals surface area contributed by atoms with Crippen molar-refractivity contribution in [3.8, 4) is 0 Å². The molecule has 1 saturated heterocycles. The van der Waals surface area contributed by atoms with Crippen LogP contribution in [0, 0.1) is 13.8 Å². The van der Waals surface area contributed by atoms with Crippen LogP contribution in [0.5, 0.6) is 0 Å². The highest BCUT2D eigenvalue weighted by Crippen LogP contribution is 2.37. The van der Waals surface area contributed by atoms with Gasteiger partial charge in [0.25, 0.3) is 0 Å². The molecule has 7 heteroatoms. The fourth-order valence-corrected chi connectivity index (χ4v) is 4.53. The SMILES string of the molecule is Cc1nc(N2CCC(O)(c3ccnn3C)CC2)c2c(C)csc2n1. The average molecular weight is 343 g/mol. The molecule has 1 fully saturated rings. The Morgan fingerprint density at radius 1 is 1.21 bits per heavy atom. The monoisotopic (exact) mass is 343 g/mol. The smallest absolute Gasteiger partial charge is 0.141 e. The fraction of sp³-hybridized carbons (Fsp3) is 0.471. The molecule has 6 nitrogen and oxygen atoms in total. The molecular formula is C17H21N5OS. The molecular weight excluding hydrogens is 322 g/mol. The van der Waals surface area contributed by atoms with E-state index in [1.54, 1.807) is 22.2 Å². The van der Waals surface area contributed by atoms with Crippen LogP contribution in [-0.4, -0.2) is 37.9 Å². The predicted molar refractivity (Wildman–Crippen MR) is 95.4 cm³/mol. The molecule has 4 heterocycles. The number of aliphatic hydroxyl groups is 1. The maximum absolute atomic E-state index is 11.0. The number of hydrogen-bond acceptors (Lipinski definition) is 6. The van der Waals surface area contributed by atoms with E-state index in [-0.39, 0.29) is 0 Å². The molecule has 0 amide bonds. The van der Waals surface area contributed by atoms with Gasteiger partial charge in [0, 0.05) is 26.3 Å². The van der Waals surface area contributed by atoms with Crippen molar-refractivity contribution >= 4 is 27.4 Å². The van der Waals surface area contributed by atoms with Crippen LogP contribution in [0.25, 0.3) is 10.2 Å². The lowest BCUT2D eigenvalue weighted by Crippen LogP contribution is -2.44. The van der Waals surface area contributed by atoms with Crippen molar-refractivity contribution in [2.75, 3.05) is 18.0 Å². The number of aryl methyl sites for hydroxylation is 3. The second-order valence-electron chi connectivity index (χ2n) is 6.55. The first-order valence-electron chi connectivity index (χ1n) is 8.16. The van der Waals surface area contributed by atoms with E-state index in [1.165, 1.54) is 5.56 Å². The van der Waals surface area contributed by atoms with E-state index in [1.807, 2.05) is 20.0 Å². The number of piperidine rings is 1. The van der Waals surface area contributed by atoms with Gasteiger partial charge in [-0.3, -0.25) is 4.68 Å². The minimum atomic E-state index is -0.813. The van der Waals surface area contributed by atoms with Crippen molar-refractivity contribution in [2.24, 2.45) is 7.05 Å². The zero-order chi connectivity index (χ0) is 16.9. The Hall–Kier alpha value is -1.99. The lowest BCUT2D eigenvalue weighted by molar-refractivity contribution is 0.00407. The Kier molecular flexibility index (Phi) is 3.58. The normalized spacial score (nSPS) is 17.6. The molecule has 0 atom stereocenters. The number of nitrogens with zero attached hydrogens (tertiary/aromatic N) is 5. The number of anilines is 1. The minimum absolute atomic E-state index is 0.667. The lowest BCUT2D eigenvalue weighted by atomic mass is 9.88. The third-order valence-electron chi connectivity index (χ3n) is 4.90. The summed E-state index contributed by atoms with van der Waals surface area (Å²) in [5.74, 6) is 1.80. The molecule has 126 valence electrons. The van der Waals surface area contributed by atoms with E-state index in [2.05, 4.69) is 27.3 Å². The van der Waals surface area contributed by atoms with Gasteiger partial charge in [-0.05, 0) is 43.7 Å². The standard InChI is InChI=1S/C17H21N5OS/c1-11-10-24-16-14(11)15(19-12(2)20-16)22-8-5-17(23,6-9-22)13-4-7-18-21(13)3/h4,7,10,23H,5-6,8-9H2,1-3H3. The zero-order valence-electron chi connectivity index (χ0n) is 14.2. The Labute approximate surface area is 144 Å². The van der Waals surface area contributed by atoms with E-state index in [0.717, 1.165) is 40.6 Å². The number of hydrogen-bond donors (Lipinski definition) is 1. The molecule has 0 bridgehead atoms. The van der Waals surface area contributed by atoms with Crippen molar-refractivity contribution in [3.63, 3.8) is 0 Å². The topological polar surface area (TPSA) is 67.1 Å². The van der Waals surface area contributed by atoms with Gasteiger partial charge in [-0.2, -0.15) is 5.10 Å². The summed E-state index contributed by atoms with van der Waals surface area (Å²) in [4.78, 5) is 12.6. The van der Waals surface area contributed by atoms with E-state index in [0.29, 0.717) is 12.8 Å². The van der Waals surface area contributed by atoms with Crippen molar-refractivity contribution in [1.29, 1.82) is 0 Å². The molecule has 0 aliphatic carbocycles. The molecule has 1 N–H and O–H groups in total. The fourth-order valence-electron chi connectivity index (χ4n) is 3.57. The van der Waals surface area contributed by atoms with Gasteiger partial charge in [0.2, 0.25) is 0 Å². The molecule has 0 spiro atoms. The van der Waals surface area contributed by atoms with Crippen LogP contribution in [-0.2, 0) is 12.6 Å². The second-order valence-corrected chi connectivity index (χ2v) is 7.41. The molecule has 0 saturated carbocycles. The second kappa shape index (κ2) is 5.53. The molecule has 1 aliphatic rings. The molecule has 3 aromatic rings. The van der Waals surface area contributed by atoms with Gasteiger partial charge >= 0.3 is 0 Å². The van der Waals surface area contributed by atoms with E-state index in [9.17, 15) is 5.11 Å². The van der Waals surface area contributed by atoms with Gasteiger partial charge in [-0.1, -0.05) is 0 Å². The van der Waals surface area contributed by atoms with Gasteiger partial charge in [0.1, 0.15) is 22.1 Å². The van der Waals surface area contributed by atoms with Gasteiger partial charge in [0.15, 0.2) is 0 Å². The van der Waals surface area contributed by atoms with Crippen LogP contribution < -0.4 is 4.90 Å². The van der Waals surface area contributed by atoms with Crippen molar-refractivity contribution in [2.45, 2.75) is 32.3 Å². The van der Waals surface area contributed by atoms with E-state index in [4.69, 9.17) is 4.98 Å². The van der Waals surface area contributed by atoms with Crippen LogP contribution in [0.3, 0.4) is 0 Å². The summed E-state index contributed by atoms with van der Waals surface area (Å²) < 4.78 is 1.77. The molecule has 1 aliphatic heterocycles. The predicted octanol–water partition coefficient (Wildman–Crippen LogP) is 2.53. The molecule has 0 radical (unpaired) electrons. The van der Waals surface area contributed by atoms with Crippen LogP contribution in [0.4, 0.5) is 5.82 Å². The largest absolute Gasteiger partial charge is 0.383 e. The highest BCUT2D eigenvalue weighted by Gasteiger charge is 2.37. The summed E-state index contributed by atoms with van der Waals surface area (Å²) in [5.41, 5.74) is 1.29. The maximum atomic E-state index is 11.0. The number of fused-ring (bicyclic) bond motifs is 1. The Bertz CT molecular complexity index is 892. The molecule has 4 rings (SSSR count). The van der Waals surface area contributed by atoms with Crippen LogP contribution in [0.15, 0.2) is 17.6 Å². The van der Waals surface area contributed by atoms with E-state index < -0.39 is 5.60 Å². The first kappa shape index (κ1) is 15.5. The van der Waals surface area contributed by atoms with Crippen molar-refractivity contribution < 1.29 is 5.11 Å². The third-order valence-corrected chi connectivity index (χ3v) is 5.89. The summed E-state index contributed by atoms with van der Waals surface area (Å²) in [6.45, 7) is 5.58. The number of aromatic nitrogens is 4. The van der Waals surface area contributed by atoms with Gasteiger partial charge in [0.05, 0.1) is 11.1 Å². The third kappa shape index (κ3) is 2.39. The maximum Gasteiger partial charge on any atom is 0.141 e. The Morgan fingerprint density at radius 3 is 2.62 bits per heavy atom. The summed E-state index contributed by atoms with van der Waals surface area (Å²) in [5, 5.41) is 18.5. The molecule has 3 aromatic heterocycles. The molecule has 0 aromatic carbocycles. The Balaban J connectivity index is 1.65. The summed E-state index contributed by atoms with van der Waals surface area (Å²) in [6, 6.07) is 1.91. The summed E-state index contributed by atoms with van der Waals surface area (Å²) >= 11 is 1.67. The highest BCUT2D eigenvalue weighted by molar-refractivity contribution is 7.17. The molecule has 0 unspecified atom stereocenters. The first-order valence-corrected chi connectivity index (χ1v) is 9.04.